The van der Waals surface area contributed by atoms with E-state index in [1.54, 1.807) is 0 Å². The number of halogens is 2. The van der Waals surface area contributed by atoms with E-state index in [1.165, 1.54) is 6.20 Å². The van der Waals surface area contributed by atoms with Crippen molar-refractivity contribution < 1.29 is 8.78 Å². The Labute approximate surface area is 87.1 Å². The number of hydrogen-bond acceptors (Lipinski definition) is 6. The molecular formula is C6H6F2N6S. The van der Waals surface area contributed by atoms with Crippen molar-refractivity contribution in [3.05, 3.63) is 6.20 Å². The number of nitrogens with zero attached hydrogens (tertiary/aromatic N) is 4. The van der Waals surface area contributed by atoms with Gasteiger partial charge in [0.25, 0.3) is 6.43 Å². The van der Waals surface area contributed by atoms with Gasteiger partial charge in [0.2, 0.25) is 5.95 Å². The van der Waals surface area contributed by atoms with Crippen molar-refractivity contribution >= 4 is 17.7 Å². The maximum absolute atomic E-state index is 11.9. The first kappa shape index (κ1) is 9.90. The molecule has 6 nitrogen and oxygen atoms in total. The van der Waals surface area contributed by atoms with Gasteiger partial charge >= 0.3 is 0 Å². The highest BCUT2D eigenvalue weighted by molar-refractivity contribution is 6.99. The molecular weight excluding hydrogens is 226 g/mol. The molecule has 0 fully saturated rings. The Hall–Kier alpha value is -1.64. The van der Waals surface area contributed by atoms with Crippen LogP contribution in [-0.4, -0.2) is 36.9 Å². The summed E-state index contributed by atoms with van der Waals surface area (Å²) in [6.07, 6.45) is -0.921. The Bertz CT molecular complexity index is 413. The zero-order valence-electron chi connectivity index (χ0n) is 7.31. The molecule has 0 bridgehead atoms. The lowest BCUT2D eigenvalue weighted by Crippen LogP contribution is -2.11. The summed E-state index contributed by atoms with van der Waals surface area (Å²) in [6, 6.07) is 0. The highest BCUT2D eigenvalue weighted by Gasteiger charge is 2.09. The van der Waals surface area contributed by atoms with Crippen molar-refractivity contribution in [2.75, 3.05) is 11.9 Å². The fourth-order valence-corrected chi connectivity index (χ4v) is 1.31. The number of anilines is 1. The summed E-state index contributed by atoms with van der Waals surface area (Å²) >= 11 is 1.03. The normalized spacial score (nSPS) is 10.9. The average Bonchev–Trinajstić information content (AvgIpc) is 2.85. The fraction of sp³-hybridized carbons (Fsp3) is 0.333. The van der Waals surface area contributed by atoms with E-state index in [2.05, 4.69) is 29.2 Å². The molecule has 0 spiro atoms. The molecule has 0 amide bonds. The van der Waals surface area contributed by atoms with Gasteiger partial charge in [-0.1, -0.05) is 0 Å². The Morgan fingerprint density at radius 2 is 2.40 bits per heavy atom. The van der Waals surface area contributed by atoms with Gasteiger partial charge in [-0.05, 0) is 0 Å². The summed E-state index contributed by atoms with van der Waals surface area (Å²) in [5.41, 5.74) is 0.539. The second-order valence-electron chi connectivity index (χ2n) is 2.57. The molecule has 2 aromatic heterocycles. The molecule has 2 N–H and O–H groups in total. The zero-order valence-corrected chi connectivity index (χ0v) is 8.13. The lowest BCUT2D eigenvalue weighted by atomic mass is 10.5. The van der Waals surface area contributed by atoms with E-state index >= 15 is 0 Å². The third-order valence-electron chi connectivity index (χ3n) is 1.50. The third-order valence-corrected chi connectivity index (χ3v) is 1.98. The first-order chi connectivity index (χ1) is 7.25. The maximum Gasteiger partial charge on any atom is 0.255 e. The highest BCUT2D eigenvalue weighted by atomic mass is 32.1. The molecule has 2 heterocycles. The average molecular weight is 232 g/mol. The maximum atomic E-state index is 11.9. The first-order valence-electron chi connectivity index (χ1n) is 3.98. The molecule has 0 aliphatic heterocycles. The molecule has 0 radical (unpaired) electrons. The minimum atomic E-state index is -2.44. The summed E-state index contributed by atoms with van der Waals surface area (Å²) in [7, 11) is 0. The number of rotatable bonds is 4. The Kier molecular flexibility index (Phi) is 2.81. The molecule has 0 atom stereocenters. The topological polar surface area (TPSA) is 79.4 Å². The van der Waals surface area contributed by atoms with Crippen LogP contribution >= 0.6 is 11.7 Å². The summed E-state index contributed by atoms with van der Waals surface area (Å²) in [5.74, 6) is 0.527. The lowest BCUT2D eigenvalue weighted by Gasteiger charge is -1.97. The van der Waals surface area contributed by atoms with Gasteiger partial charge in [-0.25, -0.2) is 8.78 Å². The van der Waals surface area contributed by atoms with Crippen molar-refractivity contribution in [2.24, 2.45) is 0 Å². The minimum Gasteiger partial charge on any atom is -0.347 e. The summed E-state index contributed by atoms with van der Waals surface area (Å²) in [4.78, 5) is 3.92. The van der Waals surface area contributed by atoms with Crippen molar-refractivity contribution in [1.82, 2.24) is 23.9 Å². The second kappa shape index (κ2) is 4.26. The van der Waals surface area contributed by atoms with Gasteiger partial charge in [-0.2, -0.15) is 13.7 Å². The number of hydrogen-bond donors (Lipinski definition) is 2. The van der Waals surface area contributed by atoms with Crippen LogP contribution in [-0.2, 0) is 0 Å². The van der Waals surface area contributed by atoms with Gasteiger partial charge in [0.15, 0.2) is 5.82 Å². The van der Waals surface area contributed by atoms with Crippen molar-refractivity contribution in [3.8, 4) is 11.5 Å². The Balaban J connectivity index is 2.04. The molecule has 0 saturated heterocycles. The molecule has 15 heavy (non-hydrogen) atoms. The van der Waals surface area contributed by atoms with E-state index in [4.69, 9.17) is 0 Å². The van der Waals surface area contributed by atoms with Crippen molar-refractivity contribution in [1.29, 1.82) is 0 Å². The predicted octanol–water partition coefficient (Wildman–Crippen LogP) is 1.00. The highest BCUT2D eigenvalue weighted by Crippen LogP contribution is 2.12. The van der Waals surface area contributed by atoms with Crippen molar-refractivity contribution in [2.45, 2.75) is 6.43 Å². The predicted molar refractivity (Wildman–Crippen MR) is 49.8 cm³/mol. The third kappa shape index (κ3) is 2.43. The number of aromatic amines is 1. The van der Waals surface area contributed by atoms with Crippen LogP contribution in [0.3, 0.4) is 0 Å². The van der Waals surface area contributed by atoms with Gasteiger partial charge in [-0.15, -0.1) is 5.10 Å². The van der Waals surface area contributed by atoms with Crippen LogP contribution in [0.2, 0.25) is 0 Å². The summed E-state index contributed by atoms with van der Waals surface area (Å²) in [5, 5.41) is 8.65. The van der Waals surface area contributed by atoms with Crippen LogP contribution in [0.5, 0.6) is 0 Å². The van der Waals surface area contributed by atoms with E-state index in [0.29, 0.717) is 11.5 Å². The monoisotopic (exact) mass is 232 g/mol. The van der Waals surface area contributed by atoms with Crippen LogP contribution in [0.1, 0.15) is 0 Å². The van der Waals surface area contributed by atoms with E-state index in [0.717, 1.165) is 11.7 Å². The van der Waals surface area contributed by atoms with E-state index in [1.807, 2.05) is 0 Å². The van der Waals surface area contributed by atoms with Crippen LogP contribution < -0.4 is 5.32 Å². The molecule has 0 aliphatic rings. The standard InChI is InChI=1S/C6H6F2N6S/c7-4(8)2-9-6-11-5(12-13-6)3-1-10-15-14-3/h1,4H,2H2,(H2,9,11,12,13). The summed E-state index contributed by atoms with van der Waals surface area (Å²) in [6.45, 7) is -0.480. The molecule has 0 aromatic carbocycles. The SMILES string of the molecule is FC(F)CNc1n[nH]c(-c2cnsn2)n1. The van der Waals surface area contributed by atoms with Crippen LogP contribution in [0.4, 0.5) is 14.7 Å². The number of H-pyrrole nitrogens is 1. The van der Waals surface area contributed by atoms with E-state index < -0.39 is 13.0 Å². The van der Waals surface area contributed by atoms with Crippen molar-refractivity contribution in [3.63, 3.8) is 0 Å². The zero-order chi connectivity index (χ0) is 10.7. The van der Waals surface area contributed by atoms with Gasteiger partial charge in [0.05, 0.1) is 24.5 Å². The summed E-state index contributed by atoms with van der Waals surface area (Å²) < 4.78 is 31.4. The van der Waals surface area contributed by atoms with E-state index in [-0.39, 0.29) is 5.95 Å². The van der Waals surface area contributed by atoms with Gasteiger partial charge < -0.3 is 5.32 Å². The minimum absolute atomic E-state index is 0.123. The quantitative estimate of drug-likeness (QED) is 0.822. The smallest absolute Gasteiger partial charge is 0.255 e. The van der Waals surface area contributed by atoms with Crippen LogP contribution in [0, 0.1) is 0 Å². The molecule has 2 rings (SSSR count). The second-order valence-corrected chi connectivity index (χ2v) is 3.13. The van der Waals surface area contributed by atoms with E-state index in [9.17, 15) is 8.78 Å². The molecule has 0 unspecified atom stereocenters. The number of alkyl halides is 2. The van der Waals surface area contributed by atoms with Crippen LogP contribution in [0.15, 0.2) is 6.20 Å². The largest absolute Gasteiger partial charge is 0.347 e. The molecule has 0 saturated carbocycles. The number of nitrogens with one attached hydrogen (secondary N) is 2. The van der Waals surface area contributed by atoms with Gasteiger partial charge in [0, 0.05) is 0 Å². The molecule has 80 valence electrons. The Morgan fingerprint density at radius 1 is 1.53 bits per heavy atom. The fourth-order valence-electron chi connectivity index (χ4n) is 0.893. The number of aromatic nitrogens is 5. The molecule has 0 aliphatic carbocycles. The lowest BCUT2D eigenvalue weighted by molar-refractivity contribution is 0.163. The van der Waals surface area contributed by atoms with Gasteiger partial charge in [-0.3, -0.25) is 5.10 Å². The van der Waals surface area contributed by atoms with Gasteiger partial charge in [0.1, 0.15) is 5.69 Å². The first-order valence-corrected chi connectivity index (χ1v) is 4.71. The van der Waals surface area contributed by atoms with Crippen LogP contribution in [0.25, 0.3) is 11.5 Å². The molecule has 9 heteroatoms. The molecule has 2 aromatic rings. The Morgan fingerprint density at radius 3 is 3.07 bits per heavy atom.